The number of hydrogen-bond acceptors (Lipinski definition) is 1. The molecular formula is C14H20ClN. The summed E-state index contributed by atoms with van der Waals surface area (Å²) in [6, 6.07) is 9.33. The standard InChI is InChI=1S/C14H20ClN/c1-10(16-11(2)13-6-7-13)8-12-4-3-5-14(15)9-12/h3-5,9-11,13,16H,6-8H2,1-2H3. The summed E-state index contributed by atoms with van der Waals surface area (Å²) in [6.07, 6.45) is 3.85. The molecule has 0 radical (unpaired) electrons. The van der Waals surface area contributed by atoms with E-state index in [2.05, 4.69) is 31.3 Å². The second-order valence-corrected chi connectivity index (χ2v) is 5.46. The molecular weight excluding hydrogens is 218 g/mol. The first-order valence-corrected chi connectivity index (χ1v) is 6.53. The first kappa shape index (κ1) is 11.9. The highest BCUT2D eigenvalue weighted by molar-refractivity contribution is 6.30. The van der Waals surface area contributed by atoms with E-state index in [4.69, 9.17) is 11.6 Å². The van der Waals surface area contributed by atoms with Crippen LogP contribution in [0, 0.1) is 5.92 Å². The monoisotopic (exact) mass is 237 g/mol. The van der Waals surface area contributed by atoms with Gasteiger partial charge in [0.2, 0.25) is 0 Å². The Morgan fingerprint density at radius 3 is 2.75 bits per heavy atom. The summed E-state index contributed by atoms with van der Waals surface area (Å²) in [7, 11) is 0. The van der Waals surface area contributed by atoms with E-state index in [1.165, 1.54) is 18.4 Å². The Morgan fingerprint density at radius 1 is 1.38 bits per heavy atom. The van der Waals surface area contributed by atoms with Gasteiger partial charge in [0, 0.05) is 17.1 Å². The molecule has 88 valence electrons. The molecule has 2 atom stereocenters. The summed E-state index contributed by atoms with van der Waals surface area (Å²) in [5.74, 6) is 0.918. The second-order valence-electron chi connectivity index (χ2n) is 5.03. The largest absolute Gasteiger partial charge is 0.311 e. The zero-order valence-electron chi connectivity index (χ0n) is 10.0. The van der Waals surface area contributed by atoms with Crippen LogP contribution >= 0.6 is 11.6 Å². The van der Waals surface area contributed by atoms with Crippen LogP contribution in [0.15, 0.2) is 24.3 Å². The number of benzene rings is 1. The summed E-state index contributed by atoms with van der Waals surface area (Å²) < 4.78 is 0. The fourth-order valence-corrected chi connectivity index (χ4v) is 2.47. The van der Waals surface area contributed by atoms with E-state index in [9.17, 15) is 0 Å². The molecule has 1 aromatic carbocycles. The number of halogens is 1. The van der Waals surface area contributed by atoms with Gasteiger partial charge >= 0.3 is 0 Å². The van der Waals surface area contributed by atoms with Crippen molar-refractivity contribution in [2.24, 2.45) is 5.92 Å². The molecule has 1 aromatic rings. The minimum absolute atomic E-state index is 0.522. The topological polar surface area (TPSA) is 12.0 Å². The molecule has 1 aliphatic rings. The van der Waals surface area contributed by atoms with Crippen LogP contribution in [0.1, 0.15) is 32.3 Å². The summed E-state index contributed by atoms with van der Waals surface area (Å²) in [4.78, 5) is 0. The quantitative estimate of drug-likeness (QED) is 0.824. The SMILES string of the molecule is CC(Cc1cccc(Cl)c1)NC(C)C1CC1. The fraction of sp³-hybridized carbons (Fsp3) is 0.571. The van der Waals surface area contributed by atoms with Crippen LogP contribution in [-0.2, 0) is 6.42 Å². The Labute approximate surface area is 103 Å². The molecule has 16 heavy (non-hydrogen) atoms. The van der Waals surface area contributed by atoms with Gasteiger partial charge in [0.1, 0.15) is 0 Å². The Hall–Kier alpha value is -0.530. The molecule has 0 aliphatic heterocycles. The maximum atomic E-state index is 5.97. The molecule has 0 aromatic heterocycles. The van der Waals surface area contributed by atoms with Crippen LogP contribution in [-0.4, -0.2) is 12.1 Å². The number of rotatable bonds is 5. The van der Waals surface area contributed by atoms with Crippen molar-refractivity contribution in [2.45, 2.75) is 45.2 Å². The Bertz CT molecular complexity index is 346. The van der Waals surface area contributed by atoms with Crippen molar-refractivity contribution < 1.29 is 0 Å². The van der Waals surface area contributed by atoms with E-state index in [1.807, 2.05) is 12.1 Å². The molecule has 1 N–H and O–H groups in total. The van der Waals surface area contributed by atoms with Crippen molar-refractivity contribution in [1.82, 2.24) is 5.32 Å². The molecule has 1 saturated carbocycles. The molecule has 2 heteroatoms. The Balaban J connectivity index is 1.83. The summed E-state index contributed by atoms with van der Waals surface area (Å²) in [5.41, 5.74) is 1.32. The fourth-order valence-electron chi connectivity index (χ4n) is 2.26. The number of hydrogen-bond donors (Lipinski definition) is 1. The molecule has 2 rings (SSSR count). The van der Waals surface area contributed by atoms with Crippen LogP contribution in [0.3, 0.4) is 0 Å². The molecule has 1 aliphatic carbocycles. The zero-order valence-corrected chi connectivity index (χ0v) is 10.8. The minimum atomic E-state index is 0.522. The molecule has 0 amide bonds. The predicted molar refractivity (Wildman–Crippen MR) is 69.9 cm³/mol. The van der Waals surface area contributed by atoms with Crippen molar-refractivity contribution in [3.63, 3.8) is 0 Å². The van der Waals surface area contributed by atoms with E-state index < -0.39 is 0 Å². The van der Waals surface area contributed by atoms with Gasteiger partial charge in [0.25, 0.3) is 0 Å². The highest BCUT2D eigenvalue weighted by Gasteiger charge is 2.28. The predicted octanol–water partition coefficient (Wildman–Crippen LogP) is 3.66. The van der Waals surface area contributed by atoms with Crippen molar-refractivity contribution in [1.29, 1.82) is 0 Å². The summed E-state index contributed by atoms with van der Waals surface area (Å²) >= 11 is 5.97. The van der Waals surface area contributed by atoms with Gasteiger partial charge in [-0.05, 0) is 56.7 Å². The van der Waals surface area contributed by atoms with Crippen molar-refractivity contribution in [2.75, 3.05) is 0 Å². The third-order valence-electron chi connectivity index (χ3n) is 3.31. The van der Waals surface area contributed by atoms with Crippen LogP contribution in [0.25, 0.3) is 0 Å². The van der Waals surface area contributed by atoms with Gasteiger partial charge in [-0.2, -0.15) is 0 Å². The molecule has 0 heterocycles. The van der Waals surface area contributed by atoms with Crippen LogP contribution in [0.5, 0.6) is 0 Å². The van der Waals surface area contributed by atoms with Gasteiger partial charge in [-0.1, -0.05) is 23.7 Å². The summed E-state index contributed by atoms with van der Waals surface area (Å²) in [6.45, 7) is 4.55. The maximum Gasteiger partial charge on any atom is 0.0408 e. The lowest BCUT2D eigenvalue weighted by molar-refractivity contribution is 0.430. The first-order chi connectivity index (χ1) is 7.65. The maximum absolute atomic E-state index is 5.97. The third kappa shape index (κ3) is 3.50. The average molecular weight is 238 g/mol. The highest BCUT2D eigenvalue weighted by atomic mass is 35.5. The van der Waals surface area contributed by atoms with E-state index in [1.54, 1.807) is 0 Å². The molecule has 0 spiro atoms. The van der Waals surface area contributed by atoms with Crippen molar-refractivity contribution in [3.8, 4) is 0 Å². The van der Waals surface area contributed by atoms with Gasteiger partial charge in [-0.25, -0.2) is 0 Å². The molecule has 0 bridgehead atoms. The summed E-state index contributed by atoms with van der Waals surface area (Å²) in [5, 5.41) is 4.50. The van der Waals surface area contributed by atoms with Crippen LogP contribution < -0.4 is 5.32 Å². The van der Waals surface area contributed by atoms with Gasteiger partial charge in [0.05, 0.1) is 0 Å². The van der Waals surface area contributed by atoms with E-state index in [0.717, 1.165) is 17.4 Å². The van der Waals surface area contributed by atoms with Crippen molar-refractivity contribution >= 4 is 11.6 Å². The average Bonchev–Trinajstić information content (AvgIpc) is 2.99. The van der Waals surface area contributed by atoms with E-state index in [-0.39, 0.29) is 0 Å². The minimum Gasteiger partial charge on any atom is -0.311 e. The lowest BCUT2D eigenvalue weighted by Gasteiger charge is -2.19. The lowest BCUT2D eigenvalue weighted by Crippen LogP contribution is -2.37. The zero-order chi connectivity index (χ0) is 11.5. The second kappa shape index (κ2) is 5.20. The van der Waals surface area contributed by atoms with Gasteiger partial charge < -0.3 is 5.32 Å². The highest BCUT2D eigenvalue weighted by Crippen LogP contribution is 2.32. The molecule has 1 fully saturated rings. The molecule has 1 nitrogen and oxygen atoms in total. The first-order valence-electron chi connectivity index (χ1n) is 6.15. The normalized spacial score (nSPS) is 19.4. The van der Waals surface area contributed by atoms with Crippen LogP contribution in [0.4, 0.5) is 0 Å². The van der Waals surface area contributed by atoms with Crippen LogP contribution in [0.2, 0.25) is 5.02 Å². The molecule has 0 saturated heterocycles. The van der Waals surface area contributed by atoms with E-state index in [0.29, 0.717) is 12.1 Å². The van der Waals surface area contributed by atoms with Gasteiger partial charge in [0.15, 0.2) is 0 Å². The Morgan fingerprint density at radius 2 is 2.12 bits per heavy atom. The third-order valence-corrected chi connectivity index (χ3v) is 3.54. The Kier molecular flexibility index (Phi) is 3.88. The van der Waals surface area contributed by atoms with Crippen molar-refractivity contribution in [3.05, 3.63) is 34.9 Å². The lowest BCUT2D eigenvalue weighted by atomic mass is 10.1. The number of nitrogens with one attached hydrogen (secondary N) is 1. The van der Waals surface area contributed by atoms with Gasteiger partial charge in [-0.3, -0.25) is 0 Å². The smallest absolute Gasteiger partial charge is 0.0408 e. The molecule has 2 unspecified atom stereocenters. The van der Waals surface area contributed by atoms with E-state index >= 15 is 0 Å². The van der Waals surface area contributed by atoms with Gasteiger partial charge in [-0.15, -0.1) is 0 Å².